The van der Waals surface area contributed by atoms with E-state index in [-0.39, 0.29) is 0 Å². The summed E-state index contributed by atoms with van der Waals surface area (Å²) in [6.45, 7) is 6.58. The molecule has 0 spiro atoms. The van der Waals surface area contributed by atoms with Gasteiger partial charge in [0.15, 0.2) is 0 Å². The summed E-state index contributed by atoms with van der Waals surface area (Å²) in [5.74, 6) is 1.29. The molecule has 1 heterocycles. The molecule has 1 fully saturated rings. The summed E-state index contributed by atoms with van der Waals surface area (Å²) in [5.41, 5.74) is 5.88. The highest BCUT2D eigenvalue weighted by atomic mass is 14.9. The summed E-state index contributed by atoms with van der Waals surface area (Å²) < 4.78 is 0. The Kier molecular flexibility index (Phi) is 2.09. The molecule has 1 aliphatic heterocycles. The predicted octanol–water partition coefficient (Wildman–Crippen LogP) is 0.189. The maximum Gasteiger partial charge on any atom is 0.0115 e. The van der Waals surface area contributed by atoms with E-state index in [4.69, 9.17) is 5.73 Å². The minimum absolute atomic E-state index is 0.409. The highest BCUT2D eigenvalue weighted by Crippen LogP contribution is 2.13. The van der Waals surface area contributed by atoms with Crippen LogP contribution in [0.2, 0.25) is 0 Å². The van der Waals surface area contributed by atoms with Gasteiger partial charge >= 0.3 is 0 Å². The van der Waals surface area contributed by atoms with Gasteiger partial charge in [0.05, 0.1) is 0 Å². The van der Waals surface area contributed by atoms with Crippen LogP contribution in [-0.2, 0) is 0 Å². The van der Waals surface area contributed by atoms with Gasteiger partial charge in [-0.25, -0.2) is 0 Å². The maximum atomic E-state index is 5.88. The number of piperidine rings is 1. The van der Waals surface area contributed by atoms with E-state index < -0.39 is 0 Å². The van der Waals surface area contributed by atoms with Crippen LogP contribution in [-0.4, -0.2) is 19.1 Å². The van der Waals surface area contributed by atoms with Crippen molar-refractivity contribution < 1.29 is 0 Å². The first-order chi connectivity index (χ1) is 4.22. The van der Waals surface area contributed by atoms with Crippen LogP contribution in [0.25, 0.3) is 0 Å². The molecule has 0 radical (unpaired) electrons. The van der Waals surface area contributed by atoms with Crippen molar-refractivity contribution in [1.82, 2.24) is 5.32 Å². The minimum atomic E-state index is 0.409. The Morgan fingerprint density at radius 1 is 1.22 bits per heavy atom. The van der Waals surface area contributed by atoms with Crippen LogP contribution in [0.1, 0.15) is 13.8 Å². The lowest BCUT2D eigenvalue weighted by Crippen LogP contribution is -2.49. The number of hydrogen-bond acceptors (Lipinski definition) is 2. The van der Waals surface area contributed by atoms with Crippen molar-refractivity contribution in [3.8, 4) is 0 Å². The largest absolute Gasteiger partial charge is 0.327 e. The van der Waals surface area contributed by atoms with Crippen molar-refractivity contribution in [1.29, 1.82) is 0 Å². The molecule has 0 aromatic rings. The quantitative estimate of drug-likeness (QED) is 0.488. The molecule has 0 bridgehead atoms. The van der Waals surface area contributed by atoms with E-state index in [1.165, 1.54) is 0 Å². The summed E-state index contributed by atoms with van der Waals surface area (Å²) in [7, 11) is 0. The van der Waals surface area contributed by atoms with Crippen molar-refractivity contribution in [2.75, 3.05) is 13.1 Å². The molecule has 3 N–H and O–H groups in total. The molecular formula is C7H16N2. The van der Waals surface area contributed by atoms with Crippen LogP contribution >= 0.6 is 0 Å². The summed E-state index contributed by atoms with van der Waals surface area (Å²) in [6.07, 6.45) is 0. The Balaban J connectivity index is 2.41. The Morgan fingerprint density at radius 3 is 2.00 bits per heavy atom. The molecule has 54 valence electrons. The van der Waals surface area contributed by atoms with Gasteiger partial charge < -0.3 is 11.1 Å². The van der Waals surface area contributed by atoms with E-state index in [0.717, 1.165) is 13.1 Å². The second-order valence-electron chi connectivity index (χ2n) is 3.19. The van der Waals surface area contributed by atoms with Crippen molar-refractivity contribution in [3.05, 3.63) is 0 Å². The molecular weight excluding hydrogens is 112 g/mol. The lowest BCUT2D eigenvalue weighted by atomic mass is 9.88. The molecule has 9 heavy (non-hydrogen) atoms. The van der Waals surface area contributed by atoms with Crippen molar-refractivity contribution in [2.45, 2.75) is 19.9 Å². The van der Waals surface area contributed by atoms with Gasteiger partial charge in [-0.1, -0.05) is 13.8 Å². The van der Waals surface area contributed by atoms with Crippen LogP contribution in [0.4, 0.5) is 0 Å². The lowest BCUT2D eigenvalue weighted by Gasteiger charge is -2.31. The molecule has 2 atom stereocenters. The standard InChI is InChI=1S/C7H16N2/c1-5-3-9-4-6(2)7(5)8/h5-7,9H,3-4,8H2,1-2H3. The summed E-state index contributed by atoms with van der Waals surface area (Å²) in [4.78, 5) is 0. The van der Waals surface area contributed by atoms with E-state index >= 15 is 0 Å². The fourth-order valence-electron chi connectivity index (χ4n) is 1.37. The second-order valence-corrected chi connectivity index (χ2v) is 3.19. The third-order valence-corrected chi connectivity index (χ3v) is 2.25. The third-order valence-electron chi connectivity index (χ3n) is 2.25. The van der Waals surface area contributed by atoms with Gasteiger partial charge in [-0.15, -0.1) is 0 Å². The SMILES string of the molecule is CC1CNCC(C)C1N. The normalized spacial score (nSPS) is 45.0. The first-order valence-electron chi connectivity index (χ1n) is 3.68. The molecule has 0 aliphatic carbocycles. The average Bonchev–Trinajstić information content (AvgIpc) is 1.83. The van der Waals surface area contributed by atoms with Crippen molar-refractivity contribution >= 4 is 0 Å². The van der Waals surface area contributed by atoms with E-state index in [1.54, 1.807) is 0 Å². The molecule has 1 rings (SSSR count). The first-order valence-corrected chi connectivity index (χ1v) is 3.68. The van der Waals surface area contributed by atoms with Gasteiger partial charge in [-0.2, -0.15) is 0 Å². The van der Waals surface area contributed by atoms with Crippen LogP contribution < -0.4 is 11.1 Å². The van der Waals surface area contributed by atoms with Crippen molar-refractivity contribution in [3.63, 3.8) is 0 Å². The second kappa shape index (κ2) is 2.67. The molecule has 2 heteroatoms. The highest BCUT2D eigenvalue weighted by molar-refractivity contribution is 4.82. The van der Waals surface area contributed by atoms with E-state index in [0.29, 0.717) is 17.9 Å². The fraction of sp³-hybridized carbons (Fsp3) is 1.00. The van der Waals surface area contributed by atoms with Crippen molar-refractivity contribution in [2.24, 2.45) is 17.6 Å². The first kappa shape index (κ1) is 7.03. The summed E-state index contributed by atoms with van der Waals surface area (Å²) in [5, 5.41) is 3.33. The maximum absolute atomic E-state index is 5.88. The van der Waals surface area contributed by atoms with E-state index in [9.17, 15) is 0 Å². The van der Waals surface area contributed by atoms with Gasteiger partial charge in [0.1, 0.15) is 0 Å². The molecule has 1 aliphatic rings. The van der Waals surface area contributed by atoms with Crippen LogP contribution in [0, 0.1) is 11.8 Å². The fourth-order valence-corrected chi connectivity index (χ4v) is 1.37. The Labute approximate surface area is 56.8 Å². The lowest BCUT2D eigenvalue weighted by molar-refractivity contribution is 0.270. The van der Waals surface area contributed by atoms with Gasteiger partial charge in [0, 0.05) is 6.04 Å². The third kappa shape index (κ3) is 1.43. The average molecular weight is 128 g/mol. The Morgan fingerprint density at radius 2 is 1.67 bits per heavy atom. The Hall–Kier alpha value is -0.0800. The molecule has 0 aromatic heterocycles. The zero-order chi connectivity index (χ0) is 6.85. The molecule has 0 saturated carbocycles. The van der Waals surface area contributed by atoms with Gasteiger partial charge in [0.25, 0.3) is 0 Å². The zero-order valence-electron chi connectivity index (χ0n) is 6.22. The van der Waals surface area contributed by atoms with E-state index in [1.807, 2.05) is 0 Å². The number of rotatable bonds is 0. The molecule has 0 amide bonds. The summed E-state index contributed by atoms with van der Waals surface area (Å²) in [6, 6.07) is 0.409. The van der Waals surface area contributed by atoms with Gasteiger partial charge in [0.2, 0.25) is 0 Å². The number of nitrogens with two attached hydrogens (primary N) is 1. The number of nitrogens with one attached hydrogen (secondary N) is 1. The topological polar surface area (TPSA) is 38.0 Å². The minimum Gasteiger partial charge on any atom is -0.327 e. The Bertz CT molecular complexity index is 82.9. The van der Waals surface area contributed by atoms with Crippen LogP contribution in [0.5, 0.6) is 0 Å². The monoisotopic (exact) mass is 128 g/mol. The van der Waals surface area contributed by atoms with E-state index in [2.05, 4.69) is 19.2 Å². The molecule has 2 unspecified atom stereocenters. The smallest absolute Gasteiger partial charge is 0.0115 e. The zero-order valence-corrected chi connectivity index (χ0v) is 6.22. The van der Waals surface area contributed by atoms with Gasteiger partial charge in [-0.05, 0) is 24.9 Å². The predicted molar refractivity (Wildman–Crippen MR) is 39.2 cm³/mol. The van der Waals surface area contributed by atoms with Gasteiger partial charge in [-0.3, -0.25) is 0 Å². The molecule has 2 nitrogen and oxygen atoms in total. The van der Waals surface area contributed by atoms with Crippen LogP contribution in [0.15, 0.2) is 0 Å². The summed E-state index contributed by atoms with van der Waals surface area (Å²) >= 11 is 0. The molecule has 1 saturated heterocycles. The number of hydrogen-bond donors (Lipinski definition) is 2. The highest BCUT2D eigenvalue weighted by Gasteiger charge is 2.23. The van der Waals surface area contributed by atoms with Crippen LogP contribution in [0.3, 0.4) is 0 Å². The molecule has 0 aromatic carbocycles.